The van der Waals surface area contributed by atoms with Crippen molar-refractivity contribution in [1.82, 2.24) is 20.9 Å². The summed E-state index contributed by atoms with van der Waals surface area (Å²) in [7, 11) is 0. The molecule has 0 aliphatic heterocycles. The van der Waals surface area contributed by atoms with Gasteiger partial charge in [0.1, 0.15) is 18.1 Å². The minimum Gasteiger partial charge on any atom is -0.480 e. The average Bonchev–Trinajstić information content (AvgIpc) is 3.29. The Hall–Kier alpha value is -4.21. The molecule has 0 fully saturated rings. The molecule has 38 heavy (non-hydrogen) atoms. The molecular formula is C23H34N8O7. The van der Waals surface area contributed by atoms with Crippen LogP contribution in [0.1, 0.15) is 18.4 Å². The molecule has 0 aliphatic carbocycles. The number of nitrogens with zero attached hydrogens (tertiary/aromatic N) is 1. The lowest BCUT2D eigenvalue weighted by Gasteiger charge is -2.24. The summed E-state index contributed by atoms with van der Waals surface area (Å²) in [5, 5.41) is 35.4. The van der Waals surface area contributed by atoms with E-state index in [1.54, 1.807) is 6.20 Å². The normalized spacial score (nSPS) is 14.1. The summed E-state index contributed by atoms with van der Waals surface area (Å²) in [6, 6.07) is 2.12. The SMILES string of the molecule is NC(N)=NCCCC(NC(=O)C(N)Cc1c[nH]c2ccccc12)C(=O)NC(CO)C(=O)NC(CO)C(=O)O. The highest BCUT2D eigenvalue weighted by atomic mass is 16.4. The molecule has 3 amide bonds. The van der Waals surface area contributed by atoms with Crippen molar-refractivity contribution in [3.8, 4) is 0 Å². The van der Waals surface area contributed by atoms with Crippen LogP contribution in [0.2, 0.25) is 0 Å². The Morgan fingerprint density at radius 2 is 1.53 bits per heavy atom. The number of nitrogens with one attached hydrogen (secondary N) is 4. The van der Waals surface area contributed by atoms with Gasteiger partial charge in [-0.05, 0) is 30.9 Å². The number of hydrogen-bond acceptors (Lipinski definition) is 8. The molecule has 4 unspecified atom stereocenters. The highest BCUT2D eigenvalue weighted by molar-refractivity contribution is 5.94. The molecule has 0 bridgehead atoms. The van der Waals surface area contributed by atoms with E-state index in [1.807, 2.05) is 29.6 Å². The second-order valence-corrected chi connectivity index (χ2v) is 8.51. The van der Waals surface area contributed by atoms with Gasteiger partial charge in [-0.3, -0.25) is 19.4 Å². The van der Waals surface area contributed by atoms with E-state index in [-0.39, 0.29) is 31.8 Å². The number of benzene rings is 1. The number of nitrogens with two attached hydrogens (primary N) is 3. The van der Waals surface area contributed by atoms with Gasteiger partial charge in [0.2, 0.25) is 17.7 Å². The molecule has 0 aliphatic rings. The van der Waals surface area contributed by atoms with E-state index in [0.717, 1.165) is 16.5 Å². The standard InChI is InChI=1S/C23H34N8O7/c24-14(8-12-9-28-15-5-2-1-4-13(12)15)19(34)29-16(6-3-7-27-23(25)26)20(35)30-17(10-32)21(36)31-18(11-33)22(37)38/h1-2,4-5,9,14,16-18,28,32-33H,3,6-8,10-11,24H2,(H,29,34)(H,30,35)(H,31,36)(H,37,38)(H4,25,26,27). The van der Waals surface area contributed by atoms with Crippen molar-refractivity contribution in [3.05, 3.63) is 36.0 Å². The van der Waals surface area contributed by atoms with Crippen LogP contribution in [0.4, 0.5) is 0 Å². The molecule has 15 nitrogen and oxygen atoms in total. The van der Waals surface area contributed by atoms with E-state index < -0.39 is 61.1 Å². The molecule has 0 radical (unpaired) electrons. The monoisotopic (exact) mass is 534 g/mol. The quantitative estimate of drug-likeness (QED) is 0.0614. The number of aromatic nitrogens is 1. The van der Waals surface area contributed by atoms with Crippen LogP contribution in [-0.4, -0.2) is 93.9 Å². The number of carboxylic acid groups (broad SMARTS) is 1. The van der Waals surface area contributed by atoms with Gasteiger partial charge in [0, 0.05) is 23.6 Å². The third-order valence-electron chi connectivity index (χ3n) is 5.64. The lowest BCUT2D eigenvalue weighted by Crippen LogP contribution is -2.58. The average molecular weight is 535 g/mol. The predicted molar refractivity (Wildman–Crippen MR) is 137 cm³/mol. The van der Waals surface area contributed by atoms with Crippen molar-refractivity contribution >= 4 is 40.6 Å². The summed E-state index contributed by atoms with van der Waals surface area (Å²) < 4.78 is 0. The number of carbonyl (C=O) groups is 4. The fourth-order valence-corrected chi connectivity index (χ4v) is 3.61. The van der Waals surface area contributed by atoms with Crippen molar-refractivity contribution in [2.24, 2.45) is 22.2 Å². The second kappa shape index (κ2) is 14.5. The fourth-order valence-electron chi connectivity index (χ4n) is 3.61. The first-order valence-electron chi connectivity index (χ1n) is 11.8. The van der Waals surface area contributed by atoms with Gasteiger partial charge < -0.3 is 53.5 Å². The van der Waals surface area contributed by atoms with E-state index in [9.17, 15) is 24.3 Å². The maximum atomic E-state index is 13.0. The summed E-state index contributed by atoms with van der Waals surface area (Å²) in [4.78, 5) is 56.2. The molecule has 2 rings (SSSR count). The summed E-state index contributed by atoms with van der Waals surface area (Å²) in [6.45, 7) is -1.61. The van der Waals surface area contributed by atoms with Gasteiger partial charge in [0.15, 0.2) is 5.96 Å². The number of carbonyl (C=O) groups excluding carboxylic acids is 3. The number of rotatable bonds is 15. The summed E-state index contributed by atoms with van der Waals surface area (Å²) >= 11 is 0. The summed E-state index contributed by atoms with van der Waals surface area (Å²) in [6.07, 6.45) is 2.26. The first kappa shape index (κ1) is 30.0. The number of hydrogen-bond donors (Lipinski definition) is 10. The van der Waals surface area contributed by atoms with Crippen LogP contribution in [0, 0.1) is 0 Å². The molecule has 0 spiro atoms. The van der Waals surface area contributed by atoms with Crippen molar-refractivity contribution in [2.75, 3.05) is 19.8 Å². The number of guanidine groups is 1. The number of aromatic amines is 1. The molecule has 2 aromatic rings. The molecule has 0 saturated heterocycles. The fraction of sp³-hybridized carbons (Fsp3) is 0.435. The van der Waals surface area contributed by atoms with E-state index in [1.165, 1.54) is 0 Å². The lowest BCUT2D eigenvalue weighted by atomic mass is 10.0. The Bertz CT molecular complexity index is 1150. The van der Waals surface area contributed by atoms with Gasteiger partial charge in [-0.15, -0.1) is 0 Å². The first-order valence-corrected chi connectivity index (χ1v) is 11.8. The molecule has 13 N–H and O–H groups in total. The van der Waals surface area contributed by atoms with Gasteiger partial charge in [0.25, 0.3) is 0 Å². The lowest BCUT2D eigenvalue weighted by molar-refractivity contribution is -0.143. The Labute approximate surface area is 217 Å². The Balaban J connectivity index is 2.10. The number of aliphatic imine (C=N–C) groups is 1. The Morgan fingerprint density at radius 3 is 2.16 bits per heavy atom. The maximum absolute atomic E-state index is 13.0. The van der Waals surface area contributed by atoms with E-state index in [4.69, 9.17) is 27.4 Å². The molecule has 0 saturated carbocycles. The van der Waals surface area contributed by atoms with E-state index in [2.05, 4.69) is 20.6 Å². The van der Waals surface area contributed by atoms with Crippen LogP contribution in [0.25, 0.3) is 10.9 Å². The maximum Gasteiger partial charge on any atom is 0.328 e. The largest absolute Gasteiger partial charge is 0.480 e. The van der Waals surface area contributed by atoms with Gasteiger partial charge in [-0.2, -0.15) is 0 Å². The van der Waals surface area contributed by atoms with Crippen LogP contribution in [0.15, 0.2) is 35.5 Å². The molecule has 208 valence electrons. The minimum absolute atomic E-state index is 0.0579. The van der Waals surface area contributed by atoms with Gasteiger partial charge in [-0.25, -0.2) is 4.79 Å². The third kappa shape index (κ3) is 8.72. The number of amides is 3. The zero-order valence-corrected chi connectivity index (χ0v) is 20.6. The van der Waals surface area contributed by atoms with E-state index in [0.29, 0.717) is 0 Å². The van der Waals surface area contributed by atoms with Crippen molar-refractivity contribution in [2.45, 2.75) is 43.4 Å². The Kier molecular flexibility index (Phi) is 11.5. The molecule has 1 aromatic heterocycles. The smallest absolute Gasteiger partial charge is 0.328 e. The van der Waals surface area contributed by atoms with Gasteiger partial charge in [0.05, 0.1) is 19.3 Å². The summed E-state index contributed by atoms with van der Waals surface area (Å²) in [5.41, 5.74) is 18.4. The zero-order chi connectivity index (χ0) is 28.2. The highest BCUT2D eigenvalue weighted by Crippen LogP contribution is 2.18. The van der Waals surface area contributed by atoms with E-state index >= 15 is 0 Å². The zero-order valence-electron chi connectivity index (χ0n) is 20.6. The summed E-state index contributed by atoms with van der Waals surface area (Å²) in [5.74, 6) is -4.15. The predicted octanol–water partition coefficient (Wildman–Crippen LogP) is -3.39. The second-order valence-electron chi connectivity index (χ2n) is 8.51. The first-order chi connectivity index (χ1) is 18.1. The van der Waals surface area contributed by atoms with Crippen LogP contribution < -0.4 is 33.2 Å². The van der Waals surface area contributed by atoms with Crippen LogP contribution in [-0.2, 0) is 25.6 Å². The van der Waals surface area contributed by atoms with Crippen molar-refractivity contribution in [1.29, 1.82) is 0 Å². The molecule has 15 heteroatoms. The molecule has 4 atom stereocenters. The van der Waals surface area contributed by atoms with Crippen LogP contribution >= 0.6 is 0 Å². The third-order valence-corrected chi connectivity index (χ3v) is 5.64. The topological polar surface area (TPSA) is 271 Å². The highest BCUT2D eigenvalue weighted by Gasteiger charge is 2.30. The number of aliphatic hydroxyl groups excluding tert-OH is 2. The van der Waals surface area contributed by atoms with Crippen molar-refractivity contribution < 1.29 is 34.5 Å². The van der Waals surface area contributed by atoms with Gasteiger partial charge in [-0.1, -0.05) is 18.2 Å². The molecular weight excluding hydrogens is 500 g/mol. The number of carboxylic acids is 1. The number of para-hydroxylation sites is 1. The molecule has 1 heterocycles. The minimum atomic E-state index is -1.63. The van der Waals surface area contributed by atoms with Crippen LogP contribution in [0.3, 0.4) is 0 Å². The van der Waals surface area contributed by atoms with Crippen molar-refractivity contribution in [3.63, 3.8) is 0 Å². The number of aliphatic hydroxyl groups is 2. The number of fused-ring (bicyclic) bond motifs is 1. The Morgan fingerprint density at radius 1 is 0.921 bits per heavy atom. The number of H-pyrrole nitrogens is 1. The van der Waals surface area contributed by atoms with Crippen LogP contribution in [0.5, 0.6) is 0 Å². The molecule has 1 aromatic carbocycles. The number of aliphatic carboxylic acids is 1. The van der Waals surface area contributed by atoms with Gasteiger partial charge >= 0.3 is 5.97 Å².